The molecule has 4 rings (SSSR count). The number of nitrogens with one attached hydrogen (secondary N) is 1. The van der Waals surface area contributed by atoms with Crippen molar-refractivity contribution in [2.75, 3.05) is 23.8 Å². The molecular weight excluding hydrogens is 413 g/mol. The van der Waals surface area contributed by atoms with Crippen LogP contribution in [0.2, 0.25) is 0 Å². The number of thioether (sulfide) groups is 1. The van der Waals surface area contributed by atoms with Gasteiger partial charge < -0.3 is 5.32 Å². The van der Waals surface area contributed by atoms with Gasteiger partial charge in [0.25, 0.3) is 11.8 Å². The van der Waals surface area contributed by atoms with Gasteiger partial charge in [-0.3, -0.25) is 24.2 Å². The van der Waals surface area contributed by atoms with E-state index in [0.717, 1.165) is 11.8 Å². The largest absolute Gasteiger partial charge is 0.325 e. The number of thiocarbonyl (C=S) groups is 1. The summed E-state index contributed by atoms with van der Waals surface area (Å²) >= 11 is 6.24. The van der Waals surface area contributed by atoms with Crippen LogP contribution in [-0.2, 0) is 14.4 Å². The molecule has 0 aromatic heterocycles. The number of anilines is 2. The maximum absolute atomic E-state index is 13.2. The second-order valence-corrected chi connectivity index (χ2v) is 8.04. The zero-order chi connectivity index (χ0) is 20.7. The molecule has 29 heavy (non-hydrogen) atoms. The molecule has 146 valence electrons. The standard InChI is InChI=1S/C20H14FN3O3S2/c1-23-19(27)17(29-20(23)28)16-13-4-2-3-5-14(13)24(18(16)26)10-15(25)22-12-8-6-11(21)7-9-12/h2-9H,10H2,1H3,(H,22,25)/b17-16+. The molecule has 9 heteroatoms. The first-order chi connectivity index (χ1) is 13.9. The Labute approximate surface area is 175 Å². The van der Waals surface area contributed by atoms with Gasteiger partial charge in [0.2, 0.25) is 5.91 Å². The van der Waals surface area contributed by atoms with Gasteiger partial charge in [-0.15, -0.1) is 0 Å². The predicted molar refractivity (Wildman–Crippen MR) is 114 cm³/mol. The number of benzene rings is 2. The Kier molecular flexibility index (Phi) is 4.93. The second-order valence-electron chi connectivity index (χ2n) is 6.40. The molecule has 2 aliphatic rings. The van der Waals surface area contributed by atoms with E-state index in [1.54, 1.807) is 31.3 Å². The fourth-order valence-electron chi connectivity index (χ4n) is 3.13. The third-order valence-electron chi connectivity index (χ3n) is 4.54. The summed E-state index contributed by atoms with van der Waals surface area (Å²) in [5, 5.41) is 2.64. The molecule has 3 amide bonds. The third kappa shape index (κ3) is 3.43. The molecule has 1 N–H and O–H groups in total. The first kappa shape index (κ1) is 19.3. The van der Waals surface area contributed by atoms with E-state index in [1.807, 2.05) is 0 Å². The molecule has 0 spiro atoms. The minimum absolute atomic E-state index is 0.247. The zero-order valence-electron chi connectivity index (χ0n) is 15.1. The number of hydrogen-bond donors (Lipinski definition) is 1. The molecule has 2 aromatic rings. The van der Waals surface area contributed by atoms with E-state index >= 15 is 0 Å². The minimum atomic E-state index is -0.441. The number of para-hydroxylation sites is 1. The van der Waals surface area contributed by atoms with Crippen molar-refractivity contribution in [1.29, 1.82) is 0 Å². The summed E-state index contributed by atoms with van der Waals surface area (Å²) in [6.45, 7) is -0.247. The summed E-state index contributed by atoms with van der Waals surface area (Å²) in [5.74, 6) is -1.63. The van der Waals surface area contributed by atoms with Crippen molar-refractivity contribution < 1.29 is 18.8 Å². The SMILES string of the molecule is CN1C(=O)/C(=C2\C(=O)N(CC(=O)Nc3ccc(F)cc3)c3ccccc32)SC1=S. The quantitative estimate of drug-likeness (QED) is 0.602. The monoisotopic (exact) mass is 427 g/mol. The zero-order valence-corrected chi connectivity index (χ0v) is 16.8. The number of amides is 3. The lowest BCUT2D eigenvalue weighted by atomic mass is 10.1. The Hall–Kier alpha value is -3.04. The Morgan fingerprint density at radius 2 is 1.79 bits per heavy atom. The van der Waals surface area contributed by atoms with Crippen molar-refractivity contribution in [2.24, 2.45) is 0 Å². The highest BCUT2D eigenvalue weighted by Gasteiger charge is 2.41. The van der Waals surface area contributed by atoms with Crippen LogP contribution in [0, 0.1) is 5.82 Å². The van der Waals surface area contributed by atoms with E-state index in [2.05, 4.69) is 5.32 Å². The van der Waals surface area contributed by atoms with Crippen LogP contribution in [0.4, 0.5) is 15.8 Å². The summed E-state index contributed by atoms with van der Waals surface area (Å²) in [4.78, 5) is 41.1. The van der Waals surface area contributed by atoms with Crippen molar-refractivity contribution in [3.8, 4) is 0 Å². The van der Waals surface area contributed by atoms with Crippen molar-refractivity contribution in [2.45, 2.75) is 0 Å². The summed E-state index contributed by atoms with van der Waals surface area (Å²) in [5.41, 5.74) is 1.80. The number of carbonyl (C=O) groups is 3. The van der Waals surface area contributed by atoms with Crippen LogP contribution in [0.3, 0.4) is 0 Å². The van der Waals surface area contributed by atoms with E-state index in [1.165, 1.54) is 34.1 Å². The van der Waals surface area contributed by atoms with Gasteiger partial charge in [0.15, 0.2) is 0 Å². The van der Waals surface area contributed by atoms with Crippen LogP contribution in [0.1, 0.15) is 5.56 Å². The minimum Gasteiger partial charge on any atom is -0.325 e. The molecule has 2 aliphatic heterocycles. The van der Waals surface area contributed by atoms with Crippen LogP contribution in [0.25, 0.3) is 5.57 Å². The topological polar surface area (TPSA) is 69.7 Å². The number of hydrogen-bond acceptors (Lipinski definition) is 5. The van der Waals surface area contributed by atoms with E-state index in [4.69, 9.17) is 12.2 Å². The number of likely N-dealkylation sites (N-methyl/N-ethyl adjacent to an activating group) is 1. The number of carbonyl (C=O) groups excluding carboxylic acids is 3. The van der Waals surface area contributed by atoms with Crippen molar-refractivity contribution in [1.82, 2.24) is 4.90 Å². The second kappa shape index (κ2) is 7.41. The van der Waals surface area contributed by atoms with Gasteiger partial charge in [-0.25, -0.2) is 4.39 Å². The average Bonchev–Trinajstić information content (AvgIpc) is 3.11. The average molecular weight is 427 g/mol. The molecule has 6 nitrogen and oxygen atoms in total. The van der Waals surface area contributed by atoms with E-state index < -0.39 is 17.6 Å². The van der Waals surface area contributed by atoms with E-state index in [9.17, 15) is 18.8 Å². The van der Waals surface area contributed by atoms with Gasteiger partial charge in [-0.2, -0.15) is 0 Å². The molecule has 0 saturated carbocycles. The normalized spacial score (nSPS) is 18.5. The molecule has 2 aromatic carbocycles. The van der Waals surface area contributed by atoms with Crippen molar-refractivity contribution in [3.05, 3.63) is 64.8 Å². The van der Waals surface area contributed by atoms with Crippen LogP contribution in [0.15, 0.2) is 53.4 Å². The Balaban J connectivity index is 1.65. The highest BCUT2D eigenvalue weighted by molar-refractivity contribution is 8.26. The lowest BCUT2D eigenvalue weighted by Crippen LogP contribution is -2.35. The Morgan fingerprint density at radius 1 is 1.10 bits per heavy atom. The van der Waals surface area contributed by atoms with Crippen LogP contribution in [-0.4, -0.2) is 40.5 Å². The van der Waals surface area contributed by atoms with Crippen molar-refractivity contribution in [3.63, 3.8) is 0 Å². The Morgan fingerprint density at radius 3 is 2.45 bits per heavy atom. The highest BCUT2D eigenvalue weighted by Crippen LogP contribution is 2.44. The first-order valence-corrected chi connectivity index (χ1v) is 9.80. The number of rotatable bonds is 3. The van der Waals surface area contributed by atoms with Gasteiger partial charge in [0.1, 0.15) is 16.7 Å². The summed E-state index contributed by atoms with van der Waals surface area (Å²) in [6.07, 6.45) is 0. The molecule has 0 bridgehead atoms. The fourth-order valence-corrected chi connectivity index (χ4v) is 4.38. The Bertz CT molecular complexity index is 1100. The van der Waals surface area contributed by atoms with Gasteiger partial charge in [-0.05, 0) is 30.3 Å². The molecule has 0 aliphatic carbocycles. The molecule has 1 saturated heterocycles. The summed E-state index contributed by atoms with van der Waals surface area (Å²) < 4.78 is 13.4. The van der Waals surface area contributed by atoms with Gasteiger partial charge in [-0.1, -0.05) is 42.2 Å². The smallest absolute Gasteiger partial charge is 0.266 e. The number of fused-ring (bicyclic) bond motifs is 1. The van der Waals surface area contributed by atoms with E-state index in [0.29, 0.717) is 21.3 Å². The fraction of sp³-hybridized carbons (Fsp3) is 0.100. The van der Waals surface area contributed by atoms with Crippen LogP contribution < -0.4 is 10.2 Å². The number of halogens is 1. The summed E-state index contributed by atoms with van der Waals surface area (Å²) in [7, 11) is 1.56. The number of nitrogens with zero attached hydrogens (tertiary/aromatic N) is 2. The highest BCUT2D eigenvalue weighted by atomic mass is 32.2. The molecule has 1 fully saturated rings. The first-order valence-electron chi connectivity index (χ1n) is 8.57. The third-order valence-corrected chi connectivity index (χ3v) is 6.10. The molecule has 0 atom stereocenters. The van der Waals surface area contributed by atoms with Gasteiger partial charge in [0, 0.05) is 18.3 Å². The molecule has 0 unspecified atom stereocenters. The summed E-state index contributed by atoms with van der Waals surface area (Å²) in [6, 6.07) is 12.3. The van der Waals surface area contributed by atoms with Crippen LogP contribution in [0.5, 0.6) is 0 Å². The lowest BCUT2D eigenvalue weighted by Gasteiger charge is -2.16. The van der Waals surface area contributed by atoms with E-state index in [-0.39, 0.29) is 22.9 Å². The molecule has 0 radical (unpaired) electrons. The van der Waals surface area contributed by atoms with Crippen molar-refractivity contribution >= 4 is 63.0 Å². The molecular formula is C20H14FN3O3S2. The molecule has 2 heterocycles. The predicted octanol–water partition coefficient (Wildman–Crippen LogP) is 3.01. The van der Waals surface area contributed by atoms with Gasteiger partial charge in [0.05, 0.1) is 16.2 Å². The van der Waals surface area contributed by atoms with Crippen LogP contribution >= 0.6 is 24.0 Å². The van der Waals surface area contributed by atoms with Gasteiger partial charge >= 0.3 is 0 Å². The lowest BCUT2D eigenvalue weighted by molar-refractivity contribution is -0.121. The maximum Gasteiger partial charge on any atom is 0.266 e. The maximum atomic E-state index is 13.2.